The van der Waals surface area contributed by atoms with E-state index in [1.54, 1.807) is 0 Å². The molecule has 4 aromatic heterocycles. The van der Waals surface area contributed by atoms with Crippen molar-refractivity contribution in [3.63, 3.8) is 0 Å². The number of fused-ring (bicyclic) bond motifs is 14. The molecule has 2 nitrogen and oxygen atoms in total. The van der Waals surface area contributed by atoms with Gasteiger partial charge in [0.25, 0.3) is 0 Å². The van der Waals surface area contributed by atoms with E-state index in [1.807, 2.05) is 28.9 Å². The zero-order valence-corrected chi connectivity index (χ0v) is 17.9. The van der Waals surface area contributed by atoms with Crippen molar-refractivity contribution in [1.82, 2.24) is 9.38 Å². The van der Waals surface area contributed by atoms with Crippen LogP contribution in [0, 0.1) is 0 Å². The van der Waals surface area contributed by atoms with Gasteiger partial charge in [0.05, 0.1) is 5.52 Å². The molecular formula is C27H14N2S2. The summed E-state index contributed by atoms with van der Waals surface area (Å²) in [5, 5.41) is 9.33. The van der Waals surface area contributed by atoms with Crippen molar-refractivity contribution in [2.75, 3.05) is 0 Å². The molecule has 144 valence electrons. The van der Waals surface area contributed by atoms with Gasteiger partial charge in [-0.3, -0.25) is 4.40 Å². The van der Waals surface area contributed by atoms with Crippen LogP contribution in [0.1, 0.15) is 0 Å². The summed E-state index contributed by atoms with van der Waals surface area (Å²) in [6, 6.07) is 26.7. The average molecular weight is 431 g/mol. The van der Waals surface area contributed by atoms with Crippen molar-refractivity contribution >= 4 is 90.3 Å². The standard InChI is InChI=1S/C27H14N2S2/c1-2-6-16-15(5-1)23-18(29-14-13-28-27(16)29)9-10-21-25(23)26-22(31-21)12-11-20-24(26)17-7-3-4-8-19(17)30-20/h1-14H. The Balaban J connectivity index is 1.78. The van der Waals surface area contributed by atoms with Crippen LogP contribution in [0.3, 0.4) is 0 Å². The normalized spacial score (nSPS) is 12.5. The Kier molecular flexibility index (Phi) is 2.94. The van der Waals surface area contributed by atoms with Crippen LogP contribution in [0.25, 0.3) is 67.7 Å². The summed E-state index contributed by atoms with van der Waals surface area (Å²) < 4.78 is 7.65. The minimum absolute atomic E-state index is 1.02. The lowest BCUT2D eigenvalue weighted by molar-refractivity contribution is 1.27. The maximum Gasteiger partial charge on any atom is 0.145 e. The summed E-state index contributed by atoms with van der Waals surface area (Å²) >= 11 is 3.79. The highest BCUT2D eigenvalue weighted by Gasteiger charge is 2.18. The van der Waals surface area contributed by atoms with Gasteiger partial charge in [-0.05, 0) is 35.7 Å². The van der Waals surface area contributed by atoms with E-state index < -0.39 is 0 Å². The van der Waals surface area contributed by atoms with Gasteiger partial charge < -0.3 is 0 Å². The van der Waals surface area contributed by atoms with Crippen molar-refractivity contribution < 1.29 is 0 Å². The summed E-state index contributed by atoms with van der Waals surface area (Å²) in [6.45, 7) is 0. The third-order valence-corrected chi connectivity index (χ3v) is 8.71. The van der Waals surface area contributed by atoms with Gasteiger partial charge in [0, 0.05) is 63.5 Å². The molecule has 4 heterocycles. The van der Waals surface area contributed by atoms with Crippen LogP contribution in [0.15, 0.2) is 85.2 Å². The Hall–Kier alpha value is -3.47. The van der Waals surface area contributed by atoms with E-state index in [0.29, 0.717) is 0 Å². The first-order valence-electron chi connectivity index (χ1n) is 10.3. The Bertz CT molecular complexity index is 2000. The highest BCUT2D eigenvalue weighted by Crippen LogP contribution is 2.47. The van der Waals surface area contributed by atoms with Gasteiger partial charge in [-0.2, -0.15) is 0 Å². The Labute approximate surface area is 184 Å². The van der Waals surface area contributed by atoms with Crippen LogP contribution in [-0.4, -0.2) is 9.38 Å². The predicted molar refractivity (Wildman–Crippen MR) is 136 cm³/mol. The molecule has 31 heavy (non-hydrogen) atoms. The fraction of sp³-hybridized carbons (Fsp3) is 0. The largest absolute Gasteiger partial charge is 0.299 e. The zero-order valence-electron chi connectivity index (χ0n) is 16.3. The second kappa shape index (κ2) is 5.61. The lowest BCUT2D eigenvalue weighted by Crippen LogP contribution is -1.90. The van der Waals surface area contributed by atoms with Gasteiger partial charge in [0.15, 0.2) is 0 Å². The number of pyridine rings is 1. The van der Waals surface area contributed by atoms with E-state index in [9.17, 15) is 0 Å². The van der Waals surface area contributed by atoms with Crippen molar-refractivity contribution in [3.05, 3.63) is 85.2 Å². The van der Waals surface area contributed by atoms with Crippen molar-refractivity contribution in [1.29, 1.82) is 0 Å². The molecule has 0 bridgehead atoms. The number of thiophene rings is 2. The van der Waals surface area contributed by atoms with Crippen LogP contribution in [0.5, 0.6) is 0 Å². The lowest BCUT2D eigenvalue weighted by Gasteiger charge is -2.10. The van der Waals surface area contributed by atoms with E-state index in [2.05, 4.69) is 88.4 Å². The summed E-state index contributed by atoms with van der Waals surface area (Å²) in [7, 11) is 0. The molecule has 0 atom stereocenters. The fourth-order valence-electron chi connectivity index (χ4n) is 5.22. The molecule has 0 spiro atoms. The van der Waals surface area contributed by atoms with Crippen LogP contribution in [0.2, 0.25) is 0 Å². The molecule has 0 aliphatic carbocycles. The van der Waals surface area contributed by atoms with E-state index in [4.69, 9.17) is 0 Å². The average Bonchev–Trinajstić information content (AvgIpc) is 3.53. The summed E-state index contributed by atoms with van der Waals surface area (Å²) in [5.74, 6) is 0. The Morgan fingerprint density at radius 1 is 0.548 bits per heavy atom. The number of hydrogen-bond acceptors (Lipinski definition) is 3. The van der Waals surface area contributed by atoms with Crippen LogP contribution < -0.4 is 0 Å². The summed E-state index contributed by atoms with van der Waals surface area (Å²) in [4.78, 5) is 4.68. The number of aromatic nitrogens is 2. The SMILES string of the molecule is c1ccc2c(c1)sc1ccc3sc4ccc5c(c6ccccc6c6nccn56)c4c3c12. The molecule has 4 aromatic carbocycles. The van der Waals surface area contributed by atoms with E-state index in [-0.39, 0.29) is 0 Å². The quantitative estimate of drug-likeness (QED) is 0.221. The van der Waals surface area contributed by atoms with Gasteiger partial charge >= 0.3 is 0 Å². The minimum Gasteiger partial charge on any atom is -0.299 e. The number of benzene rings is 4. The van der Waals surface area contributed by atoms with Crippen molar-refractivity contribution in [2.24, 2.45) is 0 Å². The Morgan fingerprint density at radius 2 is 1.19 bits per heavy atom. The number of hydrogen-bond donors (Lipinski definition) is 0. The second-order valence-corrected chi connectivity index (χ2v) is 10.2. The lowest BCUT2D eigenvalue weighted by atomic mass is 9.98. The maximum atomic E-state index is 4.68. The molecule has 0 saturated heterocycles. The minimum atomic E-state index is 1.02. The van der Waals surface area contributed by atoms with E-state index in [1.165, 1.54) is 62.0 Å². The number of imidazole rings is 1. The first-order valence-corrected chi connectivity index (χ1v) is 11.9. The molecule has 0 aliphatic heterocycles. The molecule has 8 rings (SSSR count). The Morgan fingerprint density at radius 3 is 2.06 bits per heavy atom. The first-order chi connectivity index (χ1) is 15.4. The first kappa shape index (κ1) is 16.3. The molecule has 0 saturated carbocycles. The third kappa shape index (κ3) is 1.95. The van der Waals surface area contributed by atoms with Gasteiger partial charge in [-0.1, -0.05) is 42.5 Å². The number of rotatable bonds is 0. The van der Waals surface area contributed by atoms with Crippen molar-refractivity contribution in [3.8, 4) is 0 Å². The summed E-state index contributed by atoms with van der Waals surface area (Å²) in [5.41, 5.74) is 2.24. The second-order valence-electron chi connectivity index (χ2n) is 8.01. The van der Waals surface area contributed by atoms with Gasteiger partial charge in [-0.25, -0.2) is 4.98 Å². The molecule has 0 fully saturated rings. The molecule has 4 heteroatoms. The zero-order chi connectivity index (χ0) is 20.1. The van der Waals surface area contributed by atoms with Crippen molar-refractivity contribution in [2.45, 2.75) is 0 Å². The summed E-state index contributed by atoms with van der Waals surface area (Å²) in [6.07, 6.45) is 3.99. The van der Waals surface area contributed by atoms with Gasteiger partial charge in [0.2, 0.25) is 0 Å². The van der Waals surface area contributed by atoms with Gasteiger partial charge in [-0.15, -0.1) is 22.7 Å². The predicted octanol–water partition coefficient (Wildman–Crippen LogP) is 8.38. The molecule has 0 N–H and O–H groups in total. The maximum absolute atomic E-state index is 4.68. The third-order valence-electron chi connectivity index (χ3n) is 6.46. The smallest absolute Gasteiger partial charge is 0.145 e. The molecule has 0 amide bonds. The highest BCUT2D eigenvalue weighted by molar-refractivity contribution is 7.28. The highest BCUT2D eigenvalue weighted by atomic mass is 32.1. The number of nitrogens with zero attached hydrogens (tertiary/aromatic N) is 2. The van der Waals surface area contributed by atoms with Crippen LogP contribution in [0.4, 0.5) is 0 Å². The molecule has 0 radical (unpaired) electrons. The monoisotopic (exact) mass is 430 g/mol. The van der Waals surface area contributed by atoms with Crippen LogP contribution in [-0.2, 0) is 0 Å². The molecule has 8 aromatic rings. The van der Waals surface area contributed by atoms with E-state index >= 15 is 0 Å². The molecule has 0 aliphatic rings. The molecule has 0 unspecified atom stereocenters. The molecular weight excluding hydrogens is 416 g/mol. The van der Waals surface area contributed by atoms with E-state index in [0.717, 1.165) is 5.65 Å². The van der Waals surface area contributed by atoms with Crippen LogP contribution >= 0.6 is 22.7 Å². The topological polar surface area (TPSA) is 17.3 Å². The van der Waals surface area contributed by atoms with Gasteiger partial charge in [0.1, 0.15) is 5.65 Å². The fourth-order valence-corrected chi connectivity index (χ4v) is 7.46.